The van der Waals surface area contributed by atoms with Gasteiger partial charge in [0.2, 0.25) is 5.91 Å². The van der Waals surface area contributed by atoms with Crippen LogP contribution < -0.4 is 9.64 Å². The number of carbonyl (C=O) groups excluding carboxylic acids is 1. The molecule has 4 rings (SSSR count). The number of aryl methyl sites for hydroxylation is 3. The highest BCUT2D eigenvalue weighted by Crippen LogP contribution is 2.29. The Morgan fingerprint density at radius 3 is 2.61 bits per heavy atom. The molecule has 4 aromatic rings. The number of benzene rings is 2. The fourth-order valence-corrected chi connectivity index (χ4v) is 4.73. The van der Waals surface area contributed by atoms with Crippen molar-refractivity contribution in [2.45, 2.75) is 33.7 Å². The number of nitrogens with zero attached hydrogens (tertiary/aromatic N) is 4. The Labute approximate surface area is 186 Å². The number of amides is 1. The zero-order valence-corrected chi connectivity index (χ0v) is 19.1. The van der Waals surface area contributed by atoms with Crippen molar-refractivity contribution in [3.8, 4) is 5.75 Å². The molecule has 31 heavy (non-hydrogen) atoms. The van der Waals surface area contributed by atoms with Gasteiger partial charge in [0.1, 0.15) is 5.75 Å². The summed E-state index contributed by atoms with van der Waals surface area (Å²) in [7, 11) is 1.65. The van der Waals surface area contributed by atoms with Crippen LogP contribution in [0, 0.1) is 20.8 Å². The normalized spacial score (nSPS) is 11.1. The molecule has 0 aliphatic heterocycles. The first kappa shape index (κ1) is 21.1. The first-order chi connectivity index (χ1) is 14.9. The third-order valence-electron chi connectivity index (χ3n) is 5.27. The van der Waals surface area contributed by atoms with Crippen molar-refractivity contribution in [3.05, 3.63) is 71.0 Å². The summed E-state index contributed by atoms with van der Waals surface area (Å²) in [4.78, 5) is 19.9. The summed E-state index contributed by atoms with van der Waals surface area (Å²) >= 11 is 1.54. The van der Waals surface area contributed by atoms with E-state index in [9.17, 15) is 4.79 Å². The third kappa shape index (κ3) is 4.61. The maximum absolute atomic E-state index is 13.4. The molecule has 0 saturated carbocycles. The van der Waals surface area contributed by atoms with E-state index in [1.165, 1.54) is 0 Å². The second-order valence-electron chi connectivity index (χ2n) is 7.64. The Morgan fingerprint density at radius 1 is 1.13 bits per heavy atom. The van der Waals surface area contributed by atoms with Crippen LogP contribution in [-0.2, 0) is 17.8 Å². The second-order valence-corrected chi connectivity index (χ2v) is 8.65. The lowest BCUT2D eigenvalue weighted by atomic mass is 10.1. The van der Waals surface area contributed by atoms with Crippen LogP contribution in [0.4, 0.5) is 5.13 Å². The first-order valence-corrected chi connectivity index (χ1v) is 11.1. The Kier molecular flexibility index (Phi) is 6.04. The molecule has 2 aromatic carbocycles. The molecular weight excluding hydrogens is 408 g/mol. The minimum absolute atomic E-state index is 0.0187. The van der Waals surface area contributed by atoms with E-state index in [4.69, 9.17) is 9.72 Å². The van der Waals surface area contributed by atoms with E-state index in [-0.39, 0.29) is 5.91 Å². The van der Waals surface area contributed by atoms with Crippen molar-refractivity contribution in [2.75, 3.05) is 18.6 Å². The van der Waals surface area contributed by atoms with E-state index >= 15 is 0 Å². The number of thiazole rings is 1. The lowest BCUT2D eigenvalue weighted by Gasteiger charge is -2.20. The SMILES string of the molecule is COc1ccc(CC(=O)N(CCn2nc(C)cc2C)c2nc3ccccc3s2)cc1C. The Balaban J connectivity index is 1.61. The molecule has 0 aliphatic carbocycles. The topological polar surface area (TPSA) is 60.2 Å². The number of anilines is 1. The van der Waals surface area contributed by atoms with Crippen molar-refractivity contribution < 1.29 is 9.53 Å². The van der Waals surface area contributed by atoms with Crippen molar-refractivity contribution in [1.29, 1.82) is 0 Å². The molecule has 0 atom stereocenters. The zero-order valence-electron chi connectivity index (χ0n) is 18.3. The van der Waals surface area contributed by atoms with Crippen LogP contribution in [0.1, 0.15) is 22.5 Å². The summed E-state index contributed by atoms with van der Waals surface area (Å²) in [6.45, 7) is 7.12. The number of carbonyl (C=O) groups is 1. The molecule has 0 saturated heterocycles. The van der Waals surface area contributed by atoms with Gasteiger partial charge in [-0.05, 0) is 56.2 Å². The molecule has 0 bridgehead atoms. The second kappa shape index (κ2) is 8.89. The zero-order chi connectivity index (χ0) is 22.0. The van der Waals surface area contributed by atoms with Gasteiger partial charge in [0.25, 0.3) is 0 Å². The molecule has 160 valence electrons. The highest BCUT2D eigenvalue weighted by atomic mass is 32.1. The van der Waals surface area contributed by atoms with Crippen LogP contribution in [0.5, 0.6) is 5.75 Å². The standard InChI is InChI=1S/C24H26N4O2S/c1-16-13-19(9-10-21(16)30-4)15-23(29)27(11-12-28-18(3)14-17(2)26-28)24-25-20-7-5-6-8-22(20)31-24/h5-10,13-14H,11-12,15H2,1-4H3. The van der Waals surface area contributed by atoms with Gasteiger partial charge >= 0.3 is 0 Å². The molecule has 1 amide bonds. The highest BCUT2D eigenvalue weighted by molar-refractivity contribution is 7.22. The molecule has 0 fully saturated rings. The number of rotatable bonds is 7. The average Bonchev–Trinajstić information content (AvgIpc) is 3.30. The predicted molar refractivity (Wildman–Crippen MR) is 125 cm³/mol. The molecule has 0 N–H and O–H groups in total. The van der Waals surface area contributed by atoms with E-state index in [2.05, 4.69) is 5.10 Å². The number of fused-ring (bicyclic) bond motifs is 1. The summed E-state index contributed by atoms with van der Waals surface area (Å²) in [5.41, 5.74) is 4.94. The Hall–Kier alpha value is -3.19. The summed E-state index contributed by atoms with van der Waals surface area (Å²) in [6.07, 6.45) is 0.303. The highest BCUT2D eigenvalue weighted by Gasteiger charge is 2.21. The first-order valence-electron chi connectivity index (χ1n) is 10.2. The number of hydrogen-bond acceptors (Lipinski definition) is 5. The number of methoxy groups -OCH3 is 1. The summed E-state index contributed by atoms with van der Waals surface area (Å²) in [5, 5.41) is 5.26. The van der Waals surface area contributed by atoms with E-state index in [1.807, 2.05) is 74.0 Å². The van der Waals surface area contributed by atoms with Crippen LogP contribution in [0.25, 0.3) is 10.2 Å². The maximum Gasteiger partial charge on any atom is 0.233 e. The van der Waals surface area contributed by atoms with Crippen molar-refractivity contribution in [1.82, 2.24) is 14.8 Å². The van der Waals surface area contributed by atoms with E-state index < -0.39 is 0 Å². The lowest BCUT2D eigenvalue weighted by Crippen LogP contribution is -2.35. The third-order valence-corrected chi connectivity index (χ3v) is 6.33. The van der Waals surface area contributed by atoms with Gasteiger partial charge in [-0.1, -0.05) is 35.6 Å². The molecular formula is C24H26N4O2S. The maximum atomic E-state index is 13.4. The number of para-hydroxylation sites is 1. The van der Waals surface area contributed by atoms with Crippen LogP contribution in [-0.4, -0.2) is 34.3 Å². The van der Waals surface area contributed by atoms with Crippen LogP contribution >= 0.6 is 11.3 Å². The molecule has 2 aromatic heterocycles. The minimum atomic E-state index is 0.0187. The average molecular weight is 435 g/mol. The van der Waals surface area contributed by atoms with Crippen molar-refractivity contribution in [3.63, 3.8) is 0 Å². The quantitative estimate of drug-likeness (QED) is 0.423. The van der Waals surface area contributed by atoms with E-state index in [0.717, 1.165) is 43.6 Å². The molecule has 6 nitrogen and oxygen atoms in total. The molecule has 7 heteroatoms. The van der Waals surface area contributed by atoms with Crippen molar-refractivity contribution in [2.24, 2.45) is 0 Å². The summed E-state index contributed by atoms with van der Waals surface area (Å²) < 4.78 is 8.36. The molecule has 0 spiro atoms. The van der Waals surface area contributed by atoms with Gasteiger partial charge in [0.15, 0.2) is 5.13 Å². The van der Waals surface area contributed by atoms with E-state index in [1.54, 1.807) is 23.3 Å². The van der Waals surface area contributed by atoms with Gasteiger partial charge in [-0.3, -0.25) is 14.4 Å². The van der Waals surface area contributed by atoms with Gasteiger partial charge in [0.05, 0.1) is 36.0 Å². The van der Waals surface area contributed by atoms with Crippen LogP contribution in [0.15, 0.2) is 48.5 Å². The van der Waals surface area contributed by atoms with Gasteiger partial charge in [-0.2, -0.15) is 5.10 Å². The van der Waals surface area contributed by atoms with Gasteiger partial charge in [0, 0.05) is 12.2 Å². The van der Waals surface area contributed by atoms with Crippen molar-refractivity contribution >= 4 is 32.6 Å². The van der Waals surface area contributed by atoms with E-state index in [0.29, 0.717) is 19.5 Å². The molecule has 0 radical (unpaired) electrons. The predicted octanol–water partition coefficient (Wildman–Crippen LogP) is 4.70. The molecule has 0 unspecified atom stereocenters. The largest absolute Gasteiger partial charge is 0.496 e. The van der Waals surface area contributed by atoms with Crippen LogP contribution in [0.3, 0.4) is 0 Å². The summed E-state index contributed by atoms with van der Waals surface area (Å²) in [5.74, 6) is 0.842. The van der Waals surface area contributed by atoms with Crippen LogP contribution in [0.2, 0.25) is 0 Å². The van der Waals surface area contributed by atoms with Gasteiger partial charge < -0.3 is 4.74 Å². The number of hydrogen-bond donors (Lipinski definition) is 0. The monoisotopic (exact) mass is 434 g/mol. The number of aromatic nitrogens is 3. The summed E-state index contributed by atoms with van der Waals surface area (Å²) in [6, 6.07) is 15.9. The molecule has 0 aliphatic rings. The Morgan fingerprint density at radius 2 is 1.94 bits per heavy atom. The fourth-order valence-electron chi connectivity index (χ4n) is 3.72. The number of ether oxygens (including phenoxy) is 1. The lowest BCUT2D eigenvalue weighted by molar-refractivity contribution is -0.118. The molecule has 2 heterocycles. The van der Waals surface area contributed by atoms with Gasteiger partial charge in [-0.25, -0.2) is 4.98 Å². The fraction of sp³-hybridized carbons (Fsp3) is 0.292. The van der Waals surface area contributed by atoms with Gasteiger partial charge in [-0.15, -0.1) is 0 Å². The Bertz CT molecular complexity index is 1190. The minimum Gasteiger partial charge on any atom is -0.496 e. The smallest absolute Gasteiger partial charge is 0.233 e.